The first kappa shape index (κ1) is 16.9. The Morgan fingerprint density at radius 3 is 3.12 bits per heavy atom. The number of hydrogen-bond donors (Lipinski definition) is 2. The second kappa shape index (κ2) is 7.32. The van der Waals surface area contributed by atoms with Gasteiger partial charge in [-0.1, -0.05) is 0 Å². The molecule has 24 heavy (non-hydrogen) atoms. The van der Waals surface area contributed by atoms with E-state index in [4.69, 9.17) is 4.74 Å². The number of esters is 1. The molecule has 130 valence electrons. The summed E-state index contributed by atoms with van der Waals surface area (Å²) in [5.41, 5.74) is 1.98. The van der Waals surface area contributed by atoms with Crippen molar-refractivity contribution in [3.63, 3.8) is 0 Å². The monoisotopic (exact) mass is 334 g/mol. The summed E-state index contributed by atoms with van der Waals surface area (Å²) in [5.74, 6) is -1.06. The lowest BCUT2D eigenvalue weighted by atomic mass is 9.94. The van der Waals surface area contributed by atoms with Crippen molar-refractivity contribution in [2.75, 3.05) is 26.2 Å². The van der Waals surface area contributed by atoms with E-state index in [-0.39, 0.29) is 11.8 Å². The van der Waals surface area contributed by atoms with Gasteiger partial charge >= 0.3 is 5.97 Å². The van der Waals surface area contributed by atoms with Crippen molar-refractivity contribution in [2.45, 2.75) is 25.9 Å². The Labute approximate surface area is 140 Å². The molecule has 0 amide bonds. The minimum atomic E-state index is -0.637. The number of carbonyl (C=O) groups excluding carboxylic acids is 1. The number of aromatic amines is 1. The van der Waals surface area contributed by atoms with Crippen molar-refractivity contribution in [3.8, 4) is 0 Å². The number of benzene rings is 1. The second-order valence-corrected chi connectivity index (χ2v) is 6.27. The van der Waals surface area contributed by atoms with Crippen LogP contribution < -0.4 is 0 Å². The van der Waals surface area contributed by atoms with E-state index in [9.17, 15) is 14.3 Å². The van der Waals surface area contributed by atoms with E-state index in [1.165, 1.54) is 6.07 Å². The fourth-order valence-corrected chi connectivity index (χ4v) is 3.33. The van der Waals surface area contributed by atoms with Gasteiger partial charge in [-0.05, 0) is 43.5 Å². The highest BCUT2D eigenvalue weighted by atomic mass is 19.1. The van der Waals surface area contributed by atoms with Crippen molar-refractivity contribution < 1.29 is 19.0 Å². The Hall–Kier alpha value is -1.92. The van der Waals surface area contributed by atoms with E-state index in [0.29, 0.717) is 19.6 Å². The second-order valence-electron chi connectivity index (χ2n) is 6.27. The maximum Gasteiger partial charge on any atom is 0.312 e. The van der Waals surface area contributed by atoms with Crippen LogP contribution in [0.4, 0.5) is 4.39 Å². The molecule has 0 unspecified atom stereocenters. The molecular formula is C18H23FN2O3. The van der Waals surface area contributed by atoms with Crippen LogP contribution in [0.5, 0.6) is 0 Å². The molecule has 3 rings (SSSR count). The van der Waals surface area contributed by atoms with Gasteiger partial charge in [-0.2, -0.15) is 0 Å². The van der Waals surface area contributed by atoms with Gasteiger partial charge in [0.2, 0.25) is 0 Å². The van der Waals surface area contributed by atoms with Crippen LogP contribution in [0, 0.1) is 11.7 Å². The summed E-state index contributed by atoms with van der Waals surface area (Å²) in [4.78, 5) is 17.3. The largest absolute Gasteiger partial charge is 0.466 e. The maximum absolute atomic E-state index is 13.4. The topological polar surface area (TPSA) is 65.6 Å². The molecule has 5 nitrogen and oxygen atoms in total. The van der Waals surface area contributed by atoms with Crippen molar-refractivity contribution in [1.82, 2.24) is 9.88 Å². The number of fused-ring (bicyclic) bond motifs is 1. The van der Waals surface area contributed by atoms with Crippen LogP contribution in [-0.4, -0.2) is 53.3 Å². The maximum atomic E-state index is 13.4. The molecule has 2 atom stereocenters. The SMILES string of the molecule is CCOC(=O)[C@@H]1CN(CCc2c[nH]c3ccc(F)cc23)CC[C@H]1O. The molecule has 1 fully saturated rings. The minimum absolute atomic E-state index is 0.244. The number of nitrogens with one attached hydrogen (secondary N) is 1. The molecule has 0 aliphatic carbocycles. The van der Waals surface area contributed by atoms with Crippen LogP contribution in [0.1, 0.15) is 18.9 Å². The molecule has 0 bridgehead atoms. The van der Waals surface area contributed by atoms with Crippen LogP contribution in [0.15, 0.2) is 24.4 Å². The highest BCUT2D eigenvalue weighted by Crippen LogP contribution is 2.22. The zero-order valence-corrected chi connectivity index (χ0v) is 13.8. The molecule has 1 aromatic heterocycles. The third kappa shape index (κ3) is 3.60. The number of H-pyrrole nitrogens is 1. The quantitative estimate of drug-likeness (QED) is 0.822. The lowest BCUT2D eigenvalue weighted by Crippen LogP contribution is -2.47. The molecule has 2 aromatic rings. The Bertz CT molecular complexity index is 715. The van der Waals surface area contributed by atoms with Crippen LogP contribution in [0.25, 0.3) is 10.9 Å². The fourth-order valence-electron chi connectivity index (χ4n) is 3.33. The number of rotatable bonds is 5. The number of likely N-dealkylation sites (tertiary alicyclic amines) is 1. The molecule has 2 N–H and O–H groups in total. The van der Waals surface area contributed by atoms with Gasteiger partial charge in [0.1, 0.15) is 5.82 Å². The van der Waals surface area contributed by atoms with Crippen molar-refractivity contribution in [2.24, 2.45) is 5.92 Å². The number of aromatic nitrogens is 1. The van der Waals surface area contributed by atoms with Crippen LogP contribution >= 0.6 is 0 Å². The van der Waals surface area contributed by atoms with Gasteiger partial charge in [0.05, 0.1) is 18.6 Å². The standard InChI is InChI=1S/C18H23FN2O3/c1-2-24-18(23)15-11-21(8-6-17(15)22)7-5-12-10-20-16-4-3-13(19)9-14(12)16/h3-4,9-10,15,17,20,22H,2,5-8,11H2,1H3/t15-,17-/m1/s1. The number of carbonyl (C=O) groups is 1. The molecule has 1 aliphatic rings. The number of halogens is 1. The number of nitrogens with zero attached hydrogens (tertiary/aromatic N) is 1. The first-order valence-corrected chi connectivity index (χ1v) is 8.41. The van der Waals surface area contributed by atoms with Crippen LogP contribution in [-0.2, 0) is 16.0 Å². The fraction of sp³-hybridized carbons (Fsp3) is 0.500. The van der Waals surface area contributed by atoms with Crippen molar-refractivity contribution >= 4 is 16.9 Å². The highest BCUT2D eigenvalue weighted by molar-refractivity contribution is 5.83. The third-order valence-corrected chi connectivity index (χ3v) is 4.68. The molecule has 6 heteroatoms. The number of ether oxygens (including phenoxy) is 1. The number of piperidine rings is 1. The first-order chi connectivity index (χ1) is 11.6. The predicted octanol–water partition coefficient (Wildman–Crippen LogP) is 2.10. The summed E-state index contributed by atoms with van der Waals surface area (Å²) < 4.78 is 18.5. The average molecular weight is 334 g/mol. The number of hydrogen-bond acceptors (Lipinski definition) is 4. The lowest BCUT2D eigenvalue weighted by Gasteiger charge is -2.34. The van der Waals surface area contributed by atoms with E-state index in [2.05, 4.69) is 9.88 Å². The summed E-state index contributed by atoms with van der Waals surface area (Å²) >= 11 is 0. The summed E-state index contributed by atoms with van der Waals surface area (Å²) in [5, 5.41) is 10.9. The van der Waals surface area contributed by atoms with Crippen molar-refractivity contribution in [3.05, 3.63) is 35.8 Å². The molecular weight excluding hydrogens is 311 g/mol. The molecule has 0 saturated carbocycles. The predicted molar refractivity (Wildman–Crippen MR) is 89.1 cm³/mol. The third-order valence-electron chi connectivity index (χ3n) is 4.68. The normalized spacial score (nSPS) is 22.0. The van der Waals surface area contributed by atoms with Crippen LogP contribution in [0.2, 0.25) is 0 Å². The van der Waals surface area contributed by atoms with Gasteiger partial charge in [0.25, 0.3) is 0 Å². The van der Waals surface area contributed by atoms with Gasteiger partial charge < -0.3 is 19.7 Å². The molecule has 0 radical (unpaired) electrons. The summed E-state index contributed by atoms with van der Waals surface area (Å²) in [6.07, 6.45) is 2.59. The molecule has 0 spiro atoms. The van der Waals surface area contributed by atoms with Gasteiger partial charge in [0, 0.05) is 36.7 Å². The van der Waals surface area contributed by atoms with Crippen molar-refractivity contribution in [1.29, 1.82) is 0 Å². The summed E-state index contributed by atoms with van der Waals surface area (Å²) in [6.45, 7) is 4.08. The Kier molecular flexibility index (Phi) is 5.16. The average Bonchev–Trinajstić information content (AvgIpc) is 2.96. The highest BCUT2D eigenvalue weighted by Gasteiger charge is 2.34. The summed E-state index contributed by atoms with van der Waals surface area (Å²) in [6, 6.07) is 4.73. The number of aliphatic hydroxyl groups excluding tert-OH is 1. The molecule has 1 saturated heterocycles. The van der Waals surface area contributed by atoms with Gasteiger partial charge in [-0.25, -0.2) is 4.39 Å². The summed E-state index contributed by atoms with van der Waals surface area (Å²) in [7, 11) is 0. The Morgan fingerprint density at radius 1 is 1.50 bits per heavy atom. The van der Waals surface area contributed by atoms with E-state index >= 15 is 0 Å². The molecule has 1 aromatic carbocycles. The Morgan fingerprint density at radius 2 is 2.33 bits per heavy atom. The van der Waals surface area contributed by atoms with Gasteiger partial charge in [-0.3, -0.25) is 4.79 Å². The van der Waals surface area contributed by atoms with E-state index in [0.717, 1.165) is 36.0 Å². The molecule has 1 aliphatic heterocycles. The zero-order valence-electron chi connectivity index (χ0n) is 13.8. The Balaban J connectivity index is 1.63. The molecule has 2 heterocycles. The number of aliphatic hydroxyl groups is 1. The van der Waals surface area contributed by atoms with Crippen LogP contribution in [0.3, 0.4) is 0 Å². The minimum Gasteiger partial charge on any atom is -0.466 e. The zero-order chi connectivity index (χ0) is 17.1. The van der Waals surface area contributed by atoms with Gasteiger partial charge in [-0.15, -0.1) is 0 Å². The van der Waals surface area contributed by atoms with E-state index in [1.807, 2.05) is 6.20 Å². The van der Waals surface area contributed by atoms with E-state index in [1.54, 1.807) is 19.1 Å². The van der Waals surface area contributed by atoms with E-state index < -0.39 is 12.0 Å². The lowest BCUT2D eigenvalue weighted by molar-refractivity contribution is -0.155. The smallest absolute Gasteiger partial charge is 0.312 e. The first-order valence-electron chi connectivity index (χ1n) is 8.41. The van der Waals surface area contributed by atoms with Gasteiger partial charge in [0.15, 0.2) is 0 Å².